The Bertz CT molecular complexity index is 1680. The number of halogens is 3. The maximum Gasteiger partial charge on any atom is 0.416 e. The highest BCUT2D eigenvalue weighted by atomic mass is 19.4. The second-order valence-electron chi connectivity index (χ2n) is 11.8. The number of nitrogens with zero attached hydrogens (tertiary/aromatic N) is 5. The summed E-state index contributed by atoms with van der Waals surface area (Å²) in [5.41, 5.74) is 4.51. The van der Waals surface area contributed by atoms with Crippen molar-refractivity contribution in [3.8, 4) is 0 Å². The molecule has 4 aromatic rings. The minimum atomic E-state index is -4.53. The Hall–Kier alpha value is -4.57. The molecule has 10 heteroatoms. The summed E-state index contributed by atoms with van der Waals surface area (Å²) < 4.78 is 39.4. The average molecular weight is 630 g/mol. The molecule has 1 aliphatic rings. The first kappa shape index (κ1) is 32.8. The quantitative estimate of drug-likeness (QED) is 0.196. The van der Waals surface area contributed by atoms with E-state index in [-0.39, 0.29) is 24.3 Å². The third-order valence-electron chi connectivity index (χ3n) is 8.42. The van der Waals surface area contributed by atoms with Crippen molar-refractivity contribution >= 4 is 23.2 Å². The van der Waals surface area contributed by atoms with Crippen molar-refractivity contribution in [1.29, 1.82) is 0 Å². The number of aryl methyl sites for hydroxylation is 1. The van der Waals surface area contributed by atoms with Crippen molar-refractivity contribution in [3.63, 3.8) is 0 Å². The number of Topliss-reactive ketones (excluding diaryl/α,β-unsaturated/α-hetero) is 1. The first-order chi connectivity index (χ1) is 22.0. The van der Waals surface area contributed by atoms with Gasteiger partial charge in [-0.05, 0) is 67.4 Å². The third-order valence-corrected chi connectivity index (χ3v) is 8.42. The SMILES string of the molecule is CCN(C(=O)Cc1cc(CC(=O)c2cccc(C(F)(F)F)c2)ccc1C)c1cc(Cc2ccc(N3CCN(C)CC3)cc2)ncn1. The second kappa shape index (κ2) is 14.2. The lowest BCUT2D eigenvalue weighted by molar-refractivity contribution is -0.137. The van der Waals surface area contributed by atoms with Crippen LogP contribution in [0.4, 0.5) is 24.7 Å². The number of hydrogen-bond acceptors (Lipinski definition) is 6. The molecular weight excluding hydrogens is 591 g/mol. The summed E-state index contributed by atoms with van der Waals surface area (Å²) in [4.78, 5) is 41.6. The van der Waals surface area contributed by atoms with Gasteiger partial charge in [0.25, 0.3) is 0 Å². The second-order valence-corrected chi connectivity index (χ2v) is 11.8. The van der Waals surface area contributed by atoms with Gasteiger partial charge in [0.05, 0.1) is 17.7 Å². The summed E-state index contributed by atoms with van der Waals surface area (Å²) in [7, 11) is 2.14. The van der Waals surface area contributed by atoms with E-state index < -0.39 is 17.5 Å². The molecule has 1 amide bonds. The molecule has 1 saturated heterocycles. The van der Waals surface area contributed by atoms with Crippen LogP contribution in [0.25, 0.3) is 0 Å². The molecule has 0 bridgehead atoms. The van der Waals surface area contributed by atoms with Gasteiger partial charge in [0.1, 0.15) is 12.1 Å². The molecule has 3 aromatic carbocycles. The van der Waals surface area contributed by atoms with Crippen LogP contribution in [-0.4, -0.2) is 66.3 Å². The first-order valence-electron chi connectivity index (χ1n) is 15.4. The molecular formula is C36H38F3N5O2. The van der Waals surface area contributed by atoms with Crippen LogP contribution in [0.3, 0.4) is 0 Å². The molecule has 1 aromatic heterocycles. The summed E-state index contributed by atoms with van der Waals surface area (Å²) in [6.07, 6.45) is -2.44. The van der Waals surface area contributed by atoms with Gasteiger partial charge in [0.2, 0.25) is 5.91 Å². The monoisotopic (exact) mass is 629 g/mol. The number of carbonyl (C=O) groups is 2. The molecule has 1 fully saturated rings. The van der Waals surface area contributed by atoms with Crippen LogP contribution in [0.2, 0.25) is 0 Å². The van der Waals surface area contributed by atoms with E-state index in [1.165, 1.54) is 24.1 Å². The molecule has 0 aliphatic carbocycles. The minimum Gasteiger partial charge on any atom is -0.369 e. The van der Waals surface area contributed by atoms with Crippen molar-refractivity contribution in [3.05, 3.63) is 118 Å². The number of hydrogen-bond donors (Lipinski definition) is 0. The summed E-state index contributed by atoms with van der Waals surface area (Å²) in [5.74, 6) is -0.0712. The molecule has 46 heavy (non-hydrogen) atoms. The first-order valence-corrected chi connectivity index (χ1v) is 15.4. The van der Waals surface area contributed by atoms with Crippen LogP contribution < -0.4 is 9.80 Å². The zero-order valence-electron chi connectivity index (χ0n) is 26.3. The van der Waals surface area contributed by atoms with Crippen molar-refractivity contribution in [1.82, 2.24) is 14.9 Å². The van der Waals surface area contributed by atoms with E-state index in [1.807, 2.05) is 26.0 Å². The molecule has 0 atom stereocenters. The number of likely N-dealkylation sites (N-methyl/N-ethyl adjacent to an activating group) is 2. The topological polar surface area (TPSA) is 69.6 Å². The highest BCUT2D eigenvalue weighted by Gasteiger charge is 2.31. The van der Waals surface area contributed by atoms with E-state index in [4.69, 9.17) is 0 Å². The smallest absolute Gasteiger partial charge is 0.369 e. The predicted octanol–water partition coefficient (Wildman–Crippen LogP) is 6.17. The normalized spacial score (nSPS) is 13.9. The number of carbonyl (C=O) groups excluding carboxylic acids is 2. The number of amides is 1. The van der Waals surface area contributed by atoms with Crippen molar-refractivity contribution < 1.29 is 22.8 Å². The Kier molecular flexibility index (Phi) is 10.2. The summed E-state index contributed by atoms with van der Waals surface area (Å²) in [5, 5.41) is 0. The Balaban J connectivity index is 1.24. The molecule has 0 saturated carbocycles. The van der Waals surface area contributed by atoms with Crippen LogP contribution >= 0.6 is 0 Å². The van der Waals surface area contributed by atoms with E-state index >= 15 is 0 Å². The zero-order valence-corrected chi connectivity index (χ0v) is 26.3. The van der Waals surface area contributed by atoms with Crippen LogP contribution in [-0.2, 0) is 30.2 Å². The van der Waals surface area contributed by atoms with E-state index in [0.29, 0.717) is 24.3 Å². The van der Waals surface area contributed by atoms with Gasteiger partial charge < -0.3 is 9.80 Å². The molecule has 7 nitrogen and oxygen atoms in total. The number of benzene rings is 3. The molecule has 0 spiro atoms. The maximum atomic E-state index is 13.5. The molecule has 0 unspecified atom stereocenters. The number of alkyl halides is 3. The fraction of sp³-hybridized carbons (Fsp3) is 0.333. The summed E-state index contributed by atoms with van der Waals surface area (Å²) in [6, 6.07) is 20.2. The van der Waals surface area contributed by atoms with Gasteiger partial charge in [-0.15, -0.1) is 0 Å². The lowest BCUT2D eigenvalue weighted by Gasteiger charge is -2.34. The lowest BCUT2D eigenvalue weighted by Crippen LogP contribution is -2.44. The number of rotatable bonds is 10. The Morgan fingerprint density at radius 1 is 0.870 bits per heavy atom. The number of anilines is 2. The number of ketones is 1. The van der Waals surface area contributed by atoms with Gasteiger partial charge in [0.15, 0.2) is 5.78 Å². The third kappa shape index (κ3) is 8.17. The number of piperazine rings is 1. The van der Waals surface area contributed by atoms with Crippen molar-refractivity contribution in [2.45, 2.75) is 39.3 Å². The van der Waals surface area contributed by atoms with E-state index in [9.17, 15) is 22.8 Å². The maximum absolute atomic E-state index is 13.5. The number of aromatic nitrogens is 2. The standard InChI is InChI=1S/C36H38F3N5O2/c1-4-44(34-23-31(40-24-41-34)19-26-10-12-32(13-11-26)43-16-14-42(3)15-17-43)35(46)22-29-18-27(9-8-25(29)2)20-33(45)28-6-5-7-30(21-28)36(37,38)39/h5-13,18,21,23-24H,4,14-17,19-20,22H2,1-3H3. The molecule has 5 rings (SSSR count). The molecule has 2 heterocycles. The van der Waals surface area contributed by atoms with Gasteiger partial charge in [0, 0.05) is 62.9 Å². The Morgan fingerprint density at radius 3 is 2.28 bits per heavy atom. The van der Waals surface area contributed by atoms with Crippen LogP contribution in [0.15, 0.2) is 79.1 Å². The van der Waals surface area contributed by atoms with Gasteiger partial charge in [-0.3, -0.25) is 14.5 Å². The molecule has 1 aliphatic heterocycles. The van der Waals surface area contributed by atoms with Crippen molar-refractivity contribution in [2.24, 2.45) is 0 Å². The summed E-state index contributed by atoms with van der Waals surface area (Å²) >= 11 is 0. The average Bonchev–Trinajstić information content (AvgIpc) is 3.04. The van der Waals surface area contributed by atoms with Crippen LogP contribution in [0.5, 0.6) is 0 Å². The van der Waals surface area contributed by atoms with Gasteiger partial charge >= 0.3 is 6.18 Å². The Labute approximate surface area is 267 Å². The van der Waals surface area contributed by atoms with E-state index in [1.54, 1.807) is 17.0 Å². The zero-order chi connectivity index (χ0) is 32.8. The molecule has 0 N–H and O–H groups in total. The van der Waals surface area contributed by atoms with Crippen LogP contribution in [0, 0.1) is 6.92 Å². The van der Waals surface area contributed by atoms with E-state index in [0.717, 1.165) is 60.7 Å². The van der Waals surface area contributed by atoms with Gasteiger partial charge in [-0.1, -0.05) is 42.5 Å². The minimum absolute atomic E-state index is 0.00396. The summed E-state index contributed by atoms with van der Waals surface area (Å²) in [6.45, 7) is 8.28. The van der Waals surface area contributed by atoms with Gasteiger partial charge in [-0.2, -0.15) is 13.2 Å². The predicted molar refractivity (Wildman–Crippen MR) is 173 cm³/mol. The van der Waals surface area contributed by atoms with Crippen LogP contribution in [0.1, 0.15) is 50.8 Å². The largest absolute Gasteiger partial charge is 0.416 e. The van der Waals surface area contributed by atoms with Crippen molar-refractivity contribution in [2.75, 3.05) is 49.6 Å². The lowest BCUT2D eigenvalue weighted by atomic mass is 9.96. The van der Waals surface area contributed by atoms with E-state index in [2.05, 4.69) is 51.1 Å². The molecule has 240 valence electrons. The van der Waals surface area contributed by atoms with Gasteiger partial charge in [-0.25, -0.2) is 9.97 Å². The highest BCUT2D eigenvalue weighted by molar-refractivity contribution is 5.98. The fourth-order valence-electron chi connectivity index (χ4n) is 5.63. The highest BCUT2D eigenvalue weighted by Crippen LogP contribution is 2.30. The fourth-order valence-corrected chi connectivity index (χ4v) is 5.63. The molecule has 0 radical (unpaired) electrons. The Morgan fingerprint density at radius 2 is 1.59 bits per heavy atom.